The summed E-state index contributed by atoms with van der Waals surface area (Å²) in [6.07, 6.45) is 2.57. The van der Waals surface area contributed by atoms with E-state index < -0.39 is 0 Å². The molecule has 1 heterocycles. The molecule has 1 amide bonds. The van der Waals surface area contributed by atoms with Crippen LogP contribution in [0.5, 0.6) is 0 Å². The zero-order chi connectivity index (χ0) is 15.1. The molecule has 1 aliphatic rings. The third kappa shape index (κ3) is 4.31. The lowest BCUT2D eigenvalue weighted by Crippen LogP contribution is -2.32. The Kier molecular flexibility index (Phi) is 6.11. The zero-order valence-corrected chi connectivity index (χ0v) is 12.7. The average molecular weight is 277 g/mol. The second-order valence-electron chi connectivity index (χ2n) is 4.65. The van der Waals surface area contributed by atoms with E-state index in [1.54, 1.807) is 18.2 Å². The highest BCUT2D eigenvalue weighted by Gasteiger charge is 2.15. The van der Waals surface area contributed by atoms with Crippen molar-refractivity contribution < 1.29 is 4.79 Å². The third-order valence-corrected chi connectivity index (χ3v) is 2.96. The van der Waals surface area contributed by atoms with Gasteiger partial charge < -0.3 is 15.5 Å². The van der Waals surface area contributed by atoms with Crippen molar-refractivity contribution in [3.8, 4) is 0 Å². The van der Waals surface area contributed by atoms with E-state index in [1.165, 1.54) is 0 Å². The summed E-state index contributed by atoms with van der Waals surface area (Å²) in [5.74, 6) is -0.161. The van der Waals surface area contributed by atoms with Gasteiger partial charge in [-0.3, -0.25) is 4.79 Å². The van der Waals surface area contributed by atoms with E-state index in [1.807, 2.05) is 21.0 Å². The van der Waals surface area contributed by atoms with E-state index in [2.05, 4.69) is 27.2 Å². The van der Waals surface area contributed by atoms with E-state index in [-0.39, 0.29) is 5.91 Å². The molecule has 110 valence electrons. The lowest BCUT2D eigenvalue weighted by Gasteiger charge is -2.22. The number of nitrogens with zero attached hydrogens (tertiary/aromatic N) is 3. The van der Waals surface area contributed by atoms with Crippen molar-refractivity contribution in [3.05, 3.63) is 23.7 Å². The maximum absolute atomic E-state index is 11.9. The Hall–Kier alpha value is -1.95. The van der Waals surface area contributed by atoms with Crippen LogP contribution in [0.2, 0.25) is 0 Å². The Bertz CT molecular complexity index is 476. The van der Waals surface area contributed by atoms with Crippen molar-refractivity contribution in [2.24, 2.45) is 9.98 Å². The summed E-state index contributed by atoms with van der Waals surface area (Å²) in [5, 5.41) is 5.86. The summed E-state index contributed by atoms with van der Waals surface area (Å²) in [6.45, 7) is 9.00. The van der Waals surface area contributed by atoms with Gasteiger partial charge in [-0.15, -0.1) is 0 Å². The first-order valence-corrected chi connectivity index (χ1v) is 6.62. The minimum atomic E-state index is -0.161. The fraction of sp³-hybridized carbons (Fsp3) is 0.500. The van der Waals surface area contributed by atoms with Gasteiger partial charge >= 0.3 is 0 Å². The Balaban J connectivity index is 2.70. The zero-order valence-electron chi connectivity index (χ0n) is 12.7. The van der Waals surface area contributed by atoms with E-state index in [9.17, 15) is 4.79 Å². The van der Waals surface area contributed by atoms with E-state index in [0.717, 1.165) is 24.4 Å². The molecule has 20 heavy (non-hydrogen) atoms. The number of rotatable bonds is 6. The fourth-order valence-corrected chi connectivity index (χ4v) is 1.64. The van der Waals surface area contributed by atoms with Crippen LogP contribution in [0.15, 0.2) is 33.7 Å². The second-order valence-corrected chi connectivity index (χ2v) is 4.65. The Labute approximate surface area is 120 Å². The molecule has 0 saturated carbocycles. The molecule has 0 aromatic heterocycles. The van der Waals surface area contributed by atoms with Crippen molar-refractivity contribution in [2.75, 3.05) is 27.2 Å². The molecule has 0 aliphatic carbocycles. The van der Waals surface area contributed by atoms with E-state index >= 15 is 0 Å². The van der Waals surface area contributed by atoms with Gasteiger partial charge in [-0.1, -0.05) is 6.58 Å². The van der Waals surface area contributed by atoms with Gasteiger partial charge in [0.2, 0.25) is 0 Å². The summed E-state index contributed by atoms with van der Waals surface area (Å²) in [7, 11) is 3.73. The number of likely N-dealkylation sites (N-methyl/N-ethyl adjacent to an activating group) is 1. The summed E-state index contributed by atoms with van der Waals surface area (Å²) < 4.78 is 0. The summed E-state index contributed by atoms with van der Waals surface area (Å²) >= 11 is 0. The first-order valence-electron chi connectivity index (χ1n) is 6.62. The van der Waals surface area contributed by atoms with Gasteiger partial charge in [0.05, 0.1) is 17.7 Å². The number of carbonyl (C=O) groups excluding carboxylic acids is 1. The summed E-state index contributed by atoms with van der Waals surface area (Å²) in [5.41, 5.74) is 2.56. The normalized spacial score (nSPS) is 15.9. The van der Waals surface area contributed by atoms with Gasteiger partial charge in [-0.25, -0.2) is 9.98 Å². The SMILES string of the molecule is C=C1C(N=C(C)C(=O)NCCCNC)=C(C)N=CN1C. The van der Waals surface area contributed by atoms with E-state index in [0.29, 0.717) is 18.0 Å². The molecule has 0 saturated heterocycles. The molecule has 0 unspecified atom stereocenters. The van der Waals surface area contributed by atoms with Crippen molar-refractivity contribution >= 4 is 18.0 Å². The molecule has 0 fully saturated rings. The highest BCUT2D eigenvalue weighted by Crippen LogP contribution is 2.21. The van der Waals surface area contributed by atoms with Crippen LogP contribution in [0.3, 0.4) is 0 Å². The van der Waals surface area contributed by atoms with Crippen molar-refractivity contribution in [1.29, 1.82) is 0 Å². The lowest BCUT2D eigenvalue weighted by molar-refractivity contribution is -0.114. The number of hydrogen-bond acceptors (Lipinski definition) is 5. The minimum absolute atomic E-state index is 0.161. The monoisotopic (exact) mass is 277 g/mol. The Morgan fingerprint density at radius 2 is 2.20 bits per heavy atom. The molecular formula is C14H23N5O. The summed E-state index contributed by atoms with van der Waals surface area (Å²) in [4.78, 5) is 22.3. The molecule has 0 aromatic carbocycles. The van der Waals surface area contributed by atoms with Crippen molar-refractivity contribution in [2.45, 2.75) is 20.3 Å². The third-order valence-electron chi connectivity index (χ3n) is 2.96. The van der Waals surface area contributed by atoms with Crippen LogP contribution in [-0.2, 0) is 4.79 Å². The number of allylic oxidation sites excluding steroid dienone is 1. The molecule has 1 rings (SSSR count). The van der Waals surface area contributed by atoms with Crippen molar-refractivity contribution in [3.63, 3.8) is 0 Å². The lowest BCUT2D eigenvalue weighted by atomic mass is 10.2. The molecule has 6 nitrogen and oxygen atoms in total. The molecule has 0 radical (unpaired) electrons. The highest BCUT2D eigenvalue weighted by atomic mass is 16.1. The molecule has 1 aliphatic heterocycles. The molecule has 0 spiro atoms. The van der Waals surface area contributed by atoms with E-state index in [4.69, 9.17) is 0 Å². The molecule has 2 N–H and O–H groups in total. The van der Waals surface area contributed by atoms with Gasteiger partial charge in [0.25, 0.3) is 5.91 Å². The molecule has 0 bridgehead atoms. The van der Waals surface area contributed by atoms with Crippen LogP contribution in [-0.4, -0.2) is 50.0 Å². The molecular weight excluding hydrogens is 254 g/mol. The molecule has 0 atom stereocenters. The van der Waals surface area contributed by atoms with Crippen LogP contribution in [0, 0.1) is 0 Å². The second kappa shape index (κ2) is 7.59. The highest BCUT2D eigenvalue weighted by molar-refractivity contribution is 6.38. The van der Waals surface area contributed by atoms with Crippen LogP contribution in [0.25, 0.3) is 0 Å². The Morgan fingerprint density at radius 1 is 1.50 bits per heavy atom. The molecule has 6 heteroatoms. The number of nitrogens with one attached hydrogen (secondary N) is 2. The maximum atomic E-state index is 11.9. The predicted octanol–water partition coefficient (Wildman–Crippen LogP) is 0.892. The fourth-order valence-electron chi connectivity index (χ4n) is 1.64. The van der Waals surface area contributed by atoms with Crippen LogP contribution < -0.4 is 10.6 Å². The Morgan fingerprint density at radius 3 is 2.85 bits per heavy atom. The molecule has 0 aromatic rings. The number of hydrogen-bond donors (Lipinski definition) is 2. The quantitative estimate of drug-likeness (QED) is 0.559. The smallest absolute Gasteiger partial charge is 0.265 e. The first-order chi connectivity index (χ1) is 9.47. The number of amides is 1. The largest absolute Gasteiger partial charge is 0.351 e. The average Bonchev–Trinajstić information content (AvgIpc) is 2.43. The van der Waals surface area contributed by atoms with Crippen LogP contribution in [0.1, 0.15) is 20.3 Å². The van der Waals surface area contributed by atoms with Gasteiger partial charge in [-0.2, -0.15) is 0 Å². The number of carbonyl (C=O) groups is 1. The van der Waals surface area contributed by atoms with Gasteiger partial charge in [0.15, 0.2) is 0 Å². The van der Waals surface area contributed by atoms with Gasteiger partial charge in [-0.05, 0) is 33.9 Å². The van der Waals surface area contributed by atoms with Crippen LogP contribution >= 0.6 is 0 Å². The topological polar surface area (TPSA) is 69.1 Å². The van der Waals surface area contributed by atoms with Gasteiger partial charge in [0.1, 0.15) is 11.4 Å². The first kappa shape index (κ1) is 16.1. The minimum Gasteiger partial charge on any atom is -0.351 e. The number of aliphatic imine (C=N–C) groups is 2. The predicted molar refractivity (Wildman–Crippen MR) is 82.8 cm³/mol. The van der Waals surface area contributed by atoms with Gasteiger partial charge in [0, 0.05) is 13.6 Å². The summed E-state index contributed by atoms with van der Waals surface area (Å²) in [6, 6.07) is 0. The van der Waals surface area contributed by atoms with Crippen LogP contribution in [0.4, 0.5) is 0 Å². The maximum Gasteiger partial charge on any atom is 0.265 e. The standard InChI is InChI=1S/C14H23N5O/c1-10-13(12(3)19(5)9-17-10)18-11(2)14(20)16-8-6-7-15-4/h9,15H,3,6-8H2,1-2,4-5H3,(H,16,20). The van der Waals surface area contributed by atoms with Crippen molar-refractivity contribution in [1.82, 2.24) is 15.5 Å².